The van der Waals surface area contributed by atoms with Crippen LogP contribution in [0.5, 0.6) is 0 Å². The second kappa shape index (κ2) is 4.34. The van der Waals surface area contributed by atoms with E-state index in [9.17, 15) is 13.2 Å². The van der Waals surface area contributed by atoms with Gasteiger partial charge in [-0.2, -0.15) is 0 Å². The summed E-state index contributed by atoms with van der Waals surface area (Å²) in [5, 5.41) is 9.00. The van der Waals surface area contributed by atoms with Crippen molar-refractivity contribution in [3.63, 3.8) is 0 Å². The van der Waals surface area contributed by atoms with Crippen LogP contribution < -0.4 is 0 Å². The largest absolute Gasteiger partial charge is 0.481 e. The van der Waals surface area contributed by atoms with Gasteiger partial charge in [-0.05, 0) is 48.3 Å². The summed E-state index contributed by atoms with van der Waals surface area (Å²) < 4.78 is 23.8. The quantitative estimate of drug-likeness (QED) is 0.915. The number of carbonyl (C=O) groups is 1. The van der Waals surface area contributed by atoms with Crippen molar-refractivity contribution in [2.24, 2.45) is 5.92 Å². The molecule has 1 heterocycles. The molecule has 0 bridgehead atoms. The second-order valence-electron chi connectivity index (χ2n) is 5.48. The van der Waals surface area contributed by atoms with Gasteiger partial charge < -0.3 is 5.11 Å². The third-order valence-electron chi connectivity index (χ3n) is 4.08. The number of aryl methyl sites for hydroxylation is 1. The number of rotatable bonds is 4. The average molecular weight is 280 g/mol. The van der Waals surface area contributed by atoms with Crippen molar-refractivity contribution < 1.29 is 18.3 Å². The fourth-order valence-electron chi connectivity index (χ4n) is 2.90. The van der Waals surface area contributed by atoms with Gasteiger partial charge in [0.2, 0.25) is 0 Å². The molecule has 5 heteroatoms. The highest BCUT2D eigenvalue weighted by molar-refractivity contribution is 7.91. The Morgan fingerprint density at radius 1 is 1.37 bits per heavy atom. The van der Waals surface area contributed by atoms with Crippen LogP contribution in [-0.4, -0.2) is 25.2 Å². The molecule has 1 N–H and O–H groups in total. The monoisotopic (exact) mass is 280 g/mol. The Morgan fingerprint density at radius 3 is 2.74 bits per heavy atom. The van der Waals surface area contributed by atoms with Gasteiger partial charge >= 0.3 is 5.97 Å². The maximum atomic E-state index is 11.9. The number of carboxylic acid groups (broad SMARTS) is 1. The summed E-state index contributed by atoms with van der Waals surface area (Å²) in [6, 6.07) is 5.47. The van der Waals surface area contributed by atoms with Crippen molar-refractivity contribution in [2.75, 3.05) is 5.75 Å². The maximum absolute atomic E-state index is 11.9. The van der Waals surface area contributed by atoms with E-state index in [-0.39, 0.29) is 18.1 Å². The summed E-state index contributed by atoms with van der Waals surface area (Å²) >= 11 is 0. The number of carboxylic acids is 1. The topological polar surface area (TPSA) is 71.4 Å². The number of hydrogen-bond acceptors (Lipinski definition) is 3. The molecule has 1 saturated carbocycles. The second-order valence-corrected chi connectivity index (χ2v) is 7.56. The van der Waals surface area contributed by atoms with E-state index in [0.717, 1.165) is 24.0 Å². The van der Waals surface area contributed by atoms with Crippen LogP contribution in [-0.2, 0) is 21.1 Å². The molecule has 2 aliphatic rings. The van der Waals surface area contributed by atoms with Gasteiger partial charge in [0.05, 0.1) is 17.1 Å². The van der Waals surface area contributed by atoms with E-state index in [1.165, 1.54) is 0 Å². The van der Waals surface area contributed by atoms with E-state index < -0.39 is 15.8 Å². The van der Waals surface area contributed by atoms with Crippen molar-refractivity contribution in [2.45, 2.75) is 36.5 Å². The predicted octanol–water partition coefficient (Wildman–Crippen LogP) is 1.98. The van der Waals surface area contributed by atoms with Crippen molar-refractivity contribution in [1.29, 1.82) is 0 Å². The number of aliphatic carboxylic acids is 1. The molecule has 0 radical (unpaired) electrons. The van der Waals surface area contributed by atoms with Crippen molar-refractivity contribution >= 4 is 15.8 Å². The van der Waals surface area contributed by atoms with E-state index in [1.807, 2.05) is 12.1 Å². The lowest BCUT2D eigenvalue weighted by atomic mass is 9.90. The number of sulfone groups is 1. The molecule has 1 aromatic carbocycles. The van der Waals surface area contributed by atoms with E-state index in [0.29, 0.717) is 17.2 Å². The fourth-order valence-corrected chi connectivity index (χ4v) is 4.49. The summed E-state index contributed by atoms with van der Waals surface area (Å²) in [5.41, 5.74) is 1.74. The molecule has 1 fully saturated rings. The first-order chi connectivity index (χ1) is 8.97. The van der Waals surface area contributed by atoms with E-state index in [2.05, 4.69) is 0 Å². The lowest BCUT2D eigenvalue weighted by Crippen LogP contribution is -2.09. The molecule has 0 spiro atoms. The van der Waals surface area contributed by atoms with Gasteiger partial charge in [-0.25, -0.2) is 8.42 Å². The summed E-state index contributed by atoms with van der Waals surface area (Å²) in [5.74, 6) is -0.282. The Hall–Kier alpha value is -1.36. The lowest BCUT2D eigenvalue weighted by Gasteiger charge is -2.15. The minimum atomic E-state index is -3.14. The molecule has 1 atom stereocenters. The first-order valence-electron chi connectivity index (χ1n) is 6.55. The van der Waals surface area contributed by atoms with Gasteiger partial charge in [-0.3, -0.25) is 4.79 Å². The normalized spacial score (nSPS) is 21.9. The average Bonchev–Trinajstić information content (AvgIpc) is 3.13. The number of fused-ring (bicyclic) bond motifs is 1. The predicted molar refractivity (Wildman–Crippen MR) is 69.9 cm³/mol. The first-order valence-corrected chi connectivity index (χ1v) is 8.20. The molecule has 0 amide bonds. The van der Waals surface area contributed by atoms with Crippen LogP contribution in [0.25, 0.3) is 0 Å². The summed E-state index contributed by atoms with van der Waals surface area (Å²) in [6.45, 7) is 0. The third kappa shape index (κ3) is 2.39. The number of hydrogen-bond donors (Lipinski definition) is 1. The fraction of sp³-hybridized carbons (Fsp3) is 0.500. The van der Waals surface area contributed by atoms with Gasteiger partial charge in [0.25, 0.3) is 0 Å². The van der Waals surface area contributed by atoms with Crippen LogP contribution in [0.4, 0.5) is 0 Å². The van der Waals surface area contributed by atoms with Gasteiger partial charge in [-0.1, -0.05) is 12.1 Å². The zero-order chi connectivity index (χ0) is 13.6. The van der Waals surface area contributed by atoms with Crippen molar-refractivity contribution in [3.8, 4) is 0 Å². The smallest absolute Gasteiger partial charge is 0.303 e. The van der Waals surface area contributed by atoms with Gasteiger partial charge in [0.15, 0.2) is 9.84 Å². The van der Waals surface area contributed by atoms with Gasteiger partial charge in [0.1, 0.15) is 0 Å². The summed E-state index contributed by atoms with van der Waals surface area (Å²) in [4.78, 5) is 11.4. The van der Waals surface area contributed by atoms with Crippen LogP contribution in [0.2, 0.25) is 0 Å². The SMILES string of the molecule is O=C(O)CC(c1ccc2c(c1)S(=O)(=O)CC2)C1CC1. The van der Waals surface area contributed by atoms with Crippen LogP contribution in [0.3, 0.4) is 0 Å². The Bertz CT molecular complexity index is 629. The maximum Gasteiger partial charge on any atom is 0.303 e. The molecule has 19 heavy (non-hydrogen) atoms. The van der Waals surface area contributed by atoms with Crippen molar-refractivity contribution in [3.05, 3.63) is 29.3 Å². The van der Waals surface area contributed by atoms with E-state index in [1.54, 1.807) is 6.07 Å². The molecule has 102 valence electrons. The van der Waals surface area contributed by atoms with Gasteiger partial charge in [0, 0.05) is 0 Å². The minimum Gasteiger partial charge on any atom is -0.481 e. The zero-order valence-electron chi connectivity index (χ0n) is 10.5. The summed E-state index contributed by atoms with van der Waals surface area (Å²) in [7, 11) is -3.14. The molecule has 1 aliphatic heterocycles. The lowest BCUT2D eigenvalue weighted by molar-refractivity contribution is -0.137. The Morgan fingerprint density at radius 2 is 2.11 bits per heavy atom. The van der Waals surface area contributed by atoms with Crippen LogP contribution >= 0.6 is 0 Å². The molecule has 0 aromatic heterocycles. The number of benzene rings is 1. The minimum absolute atomic E-state index is 0.0430. The molecule has 0 saturated heterocycles. The summed E-state index contributed by atoms with van der Waals surface area (Å²) in [6.07, 6.45) is 2.75. The molecular formula is C14H16O4S. The molecule has 1 aromatic rings. The Kier molecular flexibility index (Phi) is 2.89. The van der Waals surface area contributed by atoms with Crippen molar-refractivity contribution in [1.82, 2.24) is 0 Å². The molecular weight excluding hydrogens is 264 g/mol. The van der Waals surface area contributed by atoms with Crippen LogP contribution in [0.15, 0.2) is 23.1 Å². The standard InChI is InChI=1S/C14H16O4S/c15-14(16)8-12(9-1-2-9)11-4-3-10-5-6-19(17,18)13(10)7-11/h3-4,7,9,12H,1-2,5-6,8H2,(H,15,16). The van der Waals surface area contributed by atoms with Crippen LogP contribution in [0.1, 0.15) is 36.3 Å². The third-order valence-corrected chi connectivity index (χ3v) is 5.87. The molecule has 1 aliphatic carbocycles. The molecule has 3 rings (SSSR count). The zero-order valence-corrected chi connectivity index (χ0v) is 11.3. The van der Waals surface area contributed by atoms with E-state index >= 15 is 0 Å². The first kappa shape index (κ1) is 12.7. The van der Waals surface area contributed by atoms with E-state index in [4.69, 9.17) is 5.11 Å². The highest BCUT2D eigenvalue weighted by atomic mass is 32.2. The highest BCUT2D eigenvalue weighted by Gasteiger charge is 2.35. The Labute approximate surface area is 112 Å². The van der Waals surface area contributed by atoms with Crippen LogP contribution in [0, 0.1) is 5.92 Å². The van der Waals surface area contributed by atoms with Gasteiger partial charge in [-0.15, -0.1) is 0 Å². The molecule has 1 unspecified atom stereocenters. The Balaban J connectivity index is 1.99. The molecule has 4 nitrogen and oxygen atoms in total. The highest BCUT2D eigenvalue weighted by Crippen LogP contribution is 2.45.